The van der Waals surface area contributed by atoms with E-state index in [1.54, 1.807) is 0 Å². The molecule has 2 rings (SSSR count). The molecule has 3 unspecified atom stereocenters. The van der Waals surface area contributed by atoms with Crippen LogP contribution in [0.4, 0.5) is 0 Å². The lowest BCUT2D eigenvalue weighted by molar-refractivity contribution is 0.0228. The first-order valence-electron chi connectivity index (χ1n) is 8.42. The van der Waals surface area contributed by atoms with Crippen molar-refractivity contribution < 1.29 is 0 Å². The van der Waals surface area contributed by atoms with Gasteiger partial charge in [-0.15, -0.1) is 0 Å². The van der Waals surface area contributed by atoms with Crippen molar-refractivity contribution >= 4 is 0 Å². The number of nitrogens with zero attached hydrogens (tertiary/aromatic N) is 1. The molecular weight excluding hydrogens is 232 g/mol. The Bertz CT molecular complexity index is 285. The van der Waals surface area contributed by atoms with E-state index in [-0.39, 0.29) is 0 Å². The molecule has 1 heterocycles. The SMILES string of the molecule is CCC1CNC(C(C)C)CN1C1CCCC(C)(C)C1. The Morgan fingerprint density at radius 1 is 1.32 bits per heavy atom. The predicted molar refractivity (Wildman–Crippen MR) is 83.5 cm³/mol. The van der Waals surface area contributed by atoms with Crippen molar-refractivity contribution in [3.05, 3.63) is 0 Å². The van der Waals surface area contributed by atoms with Crippen LogP contribution in [0.5, 0.6) is 0 Å². The summed E-state index contributed by atoms with van der Waals surface area (Å²) >= 11 is 0. The summed E-state index contributed by atoms with van der Waals surface area (Å²) in [6.07, 6.45) is 6.94. The van der Waals surface area contributed by atoms with E-state index in [0.717, 1.165) is 18.0 Å². The van der Waals surface area contributed by atoms with Gasteiger partial charge in [0.1, 0.15) is 0 Å². The summed E-state index contributed by atoms with van der Waals surface area (Å²) in [6, 6.07) is 2.28. The molecule has 2 fully saturated rings. The molecule has 1 saturated carbocycles. The van der Waals surface area contributed by atoms with Gasteiger partial charge in [0.2, 0.25) is 0 Å². The van der Waals surface area contributed by atoms with Crippen molar-refractivity contribution in [1.82, 2.24) is 10.2 Å². The first-order chi connectivity index (χ1) is 8.93. The van der Waals surface area contributed by atoms with Gasteiger partial charge >= 0.3 is 0 Å². The Balaban J connectivity index is 2.05. The van der Waals surface area contributed by atoms with Crippen LogP contribution >= 0.6 is 0 Å². The fourth-order valence-electron chi connectivity index (χ4n) is 4.06. The van der Waals surface area contributed by atoms with Crippen molar-refractivity contribution in [3.63, 3.8) is 0 Å². The lowest BCUT2D eigenvalue weighted by Crippen LogP contribution is -2.61. The summed E-state index contributed by atoms with van der Waals surface area (Å²) in [7, 11) is 0. The van der Waals surface area contributed by atoms with Crippen LogP contribution in [0, 0.1) is 11.3 Å². The lowest BCUT2D eigenvalue weighted by atomic mass is 9.74. The first kappa shape index (κ1) is 15.3. The maximum Gasteiger partial charge on any atom is 0.0221 e. The molecule has 2 aliphatic rings. The maximum atomic E-state index is 3.77. The Labute approximate surface area is 120 Å². The van der Waals surface area contributed by atoms with Crippen LogP contribution < -0.4 is 5.32 Å². The Kier molecular flexibility index (Phi) is 4.94. The van der Waals surface area contributed by atoms with E-state index in [1.165, 1.54) is 45.2 Å². The molecule has 0 spiro atoms. The molecule has 0 aromatic heterocycles. The monoisotopic (exact) mass is 266 g/mol. The highest BCUT2D eigenvalue weighted by Gasteiger charge is 2.37. The van der Waals surface area contributed by atoms with Crippen LogP contribution in [-0.2, 0) is 0 Å². The highest BCUT2D eigenvalue weighted by Crippen LogP contribution is 2.38. The normalized spacial score (nSPS) is 36.6. The van der Waals surface area contributed by atoms with Gasteiger partial charge in [-0.2, -0.15) is 0 Å². The molecular formula is C17H34N2. The van der Waals surface area contributed by atoms with Gasteiger partial charge in [-0.1, -0.05) is 41.0 Å². The Hall–Kier alpha value is -0.0800. The van der Waals surface area contributed by atoms with E-state index in [1.807, 2.05) is 0 Å². The zero-order valence-electron chi connectivity index (χ0n) is 13.7. The zero-order chi connectivity index (χ0) is 14.0. The standard InChI is InChI=1S/C17H34N2/c1-6-14-11-18-16(13(2)3)12-19(14)15-8-7-9-17(4,5)10-15/h13-16,18H,6-12H2,1-5H3. The Morgan fingerprint density at radius 3 is 2.63 bits per heavy atom. The van der Waals surface area contributed by atoms with Crippen LogP contribution in [0.15, 0.2) is 0 Å². The minimum absolute atomic E-state index is 0.555. The zero-order valence-corrected chi connectivity index (χ0v) is 13.7. The molecule has 1 aliphatic heterocycles. The van der Waals surface area contributed by atoms with E-state index in [4.69, 9.17) is 0 Å². The second kappa shape index (κ2) is 6.13. The van der Waals surface area contributed by atoms with Gasteiger partial charge in [0.05, 0.1) is 0 Å². The van der Waals surface area contributed by atoms with Crippen molar-refractivity contribution in [2.24, 2.45) is 11.3 Å². The maximum absolute atomic E-state index is 3.77. The van der Waals surface area contributed by atoms with E-state index >= 15 is 0 Å². The van der Waals surface area contributed by atoms with Gasteiger partial charge in [0, 0.05) is 31.2 Å². The number of hydrogen-bond donors (Lipinski definition) is 1. The summed E-state index contributed by atoms with van der Waals surface area (Å²) in [6.45, 7) is 14.4. The molecule has 112 valence electrons. The van der Waals surface area contributed by atoms with Crippen molar-refractivity contribution in [2.75, 3.05) is 13.1 Å². The fourth-order valence-corrected chi connectivity index (χ4v) is 4.06. The van der Waals surface area contributed by atoms with Gasteiger partial charge in [-0.25, -0.2) is 0 Å². The van der Waals surface area contributed by atoms with Crippen LogP contribution in [0.3, 0.4) is 0 Å². The molecule has 3 atom stereocenters. The van der Waals surface area contributed by atoms with Crippen molar-refractivity contribution in [3.8, 4) is 0 Å². The second-order valence-corrected chi connectivity index (χ2v) is 7.93. The number of piperazine rings is 1. The molecule has 0 amide bonds. The van der Waals surface area contributed by atoms with E-state index < -0.39 is 0 Å². The second-order valence-electron chi connectivity index (χ2n) is 7.93. The van der Waals surface area contributed by atoms with Gasteiger partial charge < -0.3 is 5.32 Å². The van der Waals surface area contributed by atoms with Crippen molar-refractivity contribution in [1.29, 1.82) is 0 Å². The fraction of sp³-hybridized carbons (Fsp3) is 1.00. The van der Waals surface area contributed by atoms with E-state index in [2.05, 4.69) is 44.8 Å². The molecule has 2 nitrogen and oxygen atoms in total. The average molecular weight is 266 g/mol. The summed E-state index contributed by atoms with van der Waals surface area (Å²) in [5, 5.41) is 3.77. The van der Waals surface area contributed by atoms with Crippen molar-refractivity contribution in [2.45, 2.75) is 84.8 Å². The van der Waals surface area contributed by atoms with Gasteiger partial charge in [0.15, 0.2) is 0 Å². The predicted octanol–water partition coefficient (Wildman–Crippen LogP) is 3.66. The third kappa shape index (κ3) is 3.72. The van der Waals surface area contributed by atoms with Gasteiger partial charge in [-0.3, -0.25) is 4.90 Å². The molecule has 1 saturated heterocycles. The number of nitrogens with one attached hydrogen (secondary N) is 1. The number of hydrogen-bond acceptors (Lipinski definition) is 2. The summed E-state index contributed by atoms with van der Waals surface area (Å²) < 4.78 is 0. The lowest BCUT2D eigenvalue weighted by Gasteiger charge is -2.49. The van der Waals surface area contributed by atoms with Crippen LogP contribution in [-0.4, -0.2) is 36.1 Å². The molecule has 1 aliphatic carbocycles. The van der Waals surface area contributed by atoms with Gasteiger partial charge in [-0.05, 0) is 37.0 Å². The minimum Gasteiger partial charge on any atom is -0.311 e. The Morgan fingerprint density at radius 2 is 2.05 bits per heavy atom. The van der Waals surface area contributed by atoms with Crippen LogP contribution in [0.2, 0.25) is 0 Å². The van der Waals surface area contributed by atoms with Crippen LogP contribution in [0.25, 0.3) is 0 Å². The highest BCUT2D eigenvalue weighted by molar-refractivity contribution is 4.94. The quantitative estimate of drug-likeness (QED) is 0.838. The molecule has 0 aromatic rings. The van der Waals surface area contributed by atoms with Gasteiger partial charge in [0.25, 0.3) is 0 Å². The third-order valence-electron chi connectivity index (χ3n) is 5.42. The largest absolute Gasteiger partial charge is 0.311 e. The molecule has 1 N–H and O–H groups in total. The smallest absolute Gasteiger partial charge is 0.0221 e. The summed E-state index contributed by atoms with van der Waals surface area (Å²) in [5.74, 6) is 0.747. The van der Waals surface area contributed by atoms with E-state index in [0.29, 0.717) is 11.5 Å². The molecule has 19 heavy (non-hydrogen) atoms. The molecule has 2 heteroatoms. The average Bonchev–Trinajstić information content (AvgIpc) is 2.36. The summed E-state index contributed by atoms with van der Waals surface area (Å²) in [5.41, 5.74) is 0.555. The van der Waals surface area contributed by atoms with Crippen LogP contribution in [0.1, 0.15) is 66.7 Å². The summed E-state index contributed by atoms with van der Waals surface area (Å²) in [4.78, 5) is 2.86. The third-order valence-corrected chi connectivity index (χ3v) is 5.42. The highest BCUT2D eigenvalue weighted by atomic mass is 15.3. The molecule has 0 aromatic carbocycles. The first-order valence-corrected chi connectivity index (χ1v) is 8.42. The van der Waals surface area contributed by atoms with E-state index in [9.17, 15) is 0 Å². The minimum atomic E-state index is 0.555. The number of rotatable bonds is 3. The molecule has 0 bridgehead atoms. The topological polar surface area (TPSA) is 15.3 Å². The molecule has 0 radical (unpaired) electrons.